The Morgan fingerprint density at radius 2 is 2.05 bits per heavy atom. The minimum Gasteiger partial charge on any atom is -0.494 e. The molecule has 1 unspecified atom stereocenters. The predicted octanol–water partition coefficient (Wildman–Crippen LogP) is 2.94. The summed E-state index contributed by atoms with van der Waals surface area (Å²) in [6.45, 7) is -6.22. The van der Waals surface area contributed by atoms with Gasteiger partial charge in [-0.3, -0.25) is 9.78 Å². The van der Waals surface area contributed by atoms with E-state index in [0.29, 0.717) is 17.0 Å². The van der Waals surface area contributed by atoms with Crippen LogP contribution in [0.5, 0.6) is 5.75 Å². The molecule has 204 valence electrons. The molecule has 14 heteroatoms. The molecule has 10 nitrogen and oxygen atoms in total. The maximum atomic E-state index is 15.2. The van der Waals surface area contributed by atoms with Gasteiger partial charge < -0.3 is 25.7 Å². The lowest BCUT2D eigenvalue weighted by Crippen LogP contribution is -2.61. The first-order valence-electron chi connectivity index (χ1n) is 14.8. The normalized spacial score (nSPS) is 23.2. The average Bonchev–Trinajstić information content (AvgIpc) is 3.36. The van der Waals surface area contributed by atoms with Crippen LogP contribution in [0.15, 0.2) is 37.1 Å². The van der Waals surface area contributed by atoms with Gasteiger partial charge in [0.05, 0.1) is 49.9 Å². The van der Waals surface area contributed by atoms with E-state index < -0.39 is 73.6 Å². The number of piperidine rings is 1. The van der Waals surface area contributed by atoms with Crippen molar-refractivity contribution in [3.8, 4) is 17.0 Å². The number of aromatic nitrogens is 5. The standard InChI is InChI=1S/C25H24F4N8O2/c1-39-19-7-15(26)14(6-16(19)27)17-5-13(9-37-12-35-20-23(30)33-11-34-24(20)37)18(8-32-17)36-4-2-3-25(31,10-36)21(38)22(28)29/h5-8,11-12,22H,2-4,9-10,31H2,1H3,(H2,30,33,34)/i1D3,4D2,10D2. The molecule has 0 radical (unpaired) electrons. The van der Waals surface area contributed by atoms with Crippen molar-refractivity contribution in [1.29, 1.82) is 0 Å². The molecule has 3 aromatic heterocycles. The predicted molar refractivity (Wildman–Crippen MR) is 134 cm³/mol. The van der Waals surface area contributed by atoms with E-state index in [-0.39, 0.29) is 40.5 Å². The van der Waals surface area contributed by atoms with E-state index in [1.807, 2.05) is 0 Å². The molecule has 1 atom stereocenters. The quantitative estimate of drug-likeness (QED) is 0.332. The number of benzene rings is 1. The van der Waals surface area contributed by atoms with Gasteiger partial charge in [0.15, 0.2) is 23.0 Å². The minimum absolute atomic E-state index is 0.0124. The molecule has 5 rings (SSSR count). The number of nitrogens with two attached hydrogens (primary N) is 2. The number of pyridine rings is 1. The van der Waals surface area contributed by atoms with Crippen molar-refractivity contribution in [2.75, 3.05) is 30.7 Å². The largest absolute Gasteiger partial charge is 0.494 e. The minimum atomic E-state index is -3.66. The Labute approximate surface area is 229 Å². The molecule has 0 bridgehead atoms. The van der Waals surface area contributed by atoms with Crippen molar-refractivity contribution >= 4 is 28.5 Å². The van der Waals surface area contributed by atoms with Gasteiger partial charge >= 0.3 is 0 Å². The lowest BCUT2D eigenvalue weighted by atomic mass is 9.85. The van der Waals surface area contributed by atoms with Crippen molar-refractivity contribution in [2.45, 2.75) is 31.4 Å². The molecule has 1 fully saturated rings. The number of anilines is 2. The fourth-order valence-electron chi connectivity index (χ4n) is 4.14. The number of rotatable bonds is 7. The van der Waals surface area contributed by atoms with Crippen LogP contribution in [-0.2, 0) is 11.3 Å². The highest BCUT2D eigenvalue weighted by atomic mass is 19.3. The van der Waals surface area contributed by atoms with Crippen LogP contribution in [0, 0.1) is 11.6 Å². The second-order valence-electron chi connectivity index (χ2n) is 8.61. The van der Waals surface area contributed by atoms with Gasteiger partial charge in [-0.05, 0) is 30.5 Å². The van der Waals surface area contributed by atoms with Crippen LogP contribution < -0.4 is 21.1 Å². The number of hydrogen-bond donors (Lipinski definition) is 2. The van der Waals surface area contributed by atoms with Crippen molar-refractivity contribution in [3.63, 3.8) is 0 Å². The Bertz CT molecular complexity index is 1840. The Kier molecular flexibility index (Phi) is 4.88. The lowest BCUT2D eigenvalue weighted by molar-refractivity contribution is -0.135. The van der Waals surface area contributed by atoms with E-state index in [2.05, 4.69) is 24.7 Å². The van der Waals surface area contributed by atoms with Gasteiger partial charge in [-0.25, -0.2) is 32.5 Å². The fraction of sp³-hybridized carbons (Fsp3) is 0.320. The first-order valence-corrected chi connectivity index (χ1v) is 11.3. The summed E-state index contributed by atoms with van der Waals surface area (Å²) in [5.41, 5.74) is 8.16. The summed E-state index contributed by atoms with van der Waals surface area (Å²) in [5.74, 6) is -5.24. The van der Waals surface area contributed by atoms with Crippen LogP contribution >= 0.6 is 0 Å². The molecular formula is C25H24F4N8O2. The van der Waals surface area contributed by atoms with Crippen LogP contribution in [0.3, 0.4) is 0 Å². The molecule has 4 N–H and O–H groups in total. The second-order valence-corrected chi connectivity index (χ2v) is 8.61. The molecular weight excluding hydrogens is 520 g/mol. The molecule has 1 aromatic carbocycles. The van der Waals surface area contributed by atoms with E-state index in [0.717, 1.165) is 18.6 Å². The van der Waals surface area contributed by atoms with Crippen molar-refractivity contribution in [1.82, 2.24) is 24.5 Å². The van der Waals surface area contributed by atoms with Gasteiger partial charge in [-0.2, -0.15) is 0 Å². The number of methoxy groups -OCH3 is 1. The van der Waals surface area contributed by atoms with Gasteiger partial charge in [-0.15, -0.1) is 0 Å². The SMILES string of the molecule is [2H]C([2H])([2H])Oc1cc(F)c(-c2cc(Cn3cnc4c(N)ncnc43)c(N3C([2H])([2H])CCC(N)(C(=O)C(F)F)C3([2H])[2H])cn2)cc1F. The number of fused-ring (bicyclic) bond motifs is 1. The summed E-state index contributed by atoms with van der Waals surface area (Å²) >= 11 is 0. The first kappa shape index (κ1) is 18.8. The number of carbonyl (C=O) groups is 1. The number of Topliss-reactive ketones (excluding diaryl/α,β-unsaturated/α-hetero) is 1. The number of nitrogens with zero attached hydrogens (tertiary/aromatic N) is 6. The van der Waals surface area contributed by atoms with Crippen LogP contribution in [-0.4, -0.2) is 62.3 Å². The third kappa shape index (κ3) is 4.82. The molecule has 1 saturated heterocycles. The van der Waals surface area contributed by atoms with E-state index in [1.165, 1.54) is 10.9 Å². The zero-order chi connectivity index (χ0) is 34.0. The van der Waals surface area contributed by atoms with E-state index >= 15 is 4.39 Å². The van der Waals surface area contributed by atoms with Gasteiger partial charge in [0.2, 0.25) is 5.78 Å². The molecule has 4 aromatic rings. The number of hydrogen-bond acceptors (Lipinski definition) is 9. The highest BCUT2D eigenvalue weighted by Gasteiger charge is 2.43. The highest BCUT2D eigenvalue weighted by molar-refractivity contribution is 5.92. The highest BCUT2D eigenvalue weighted by Crippen LogP contribution is 2.34. The third-order valence-corrected chi connectivity index (χ3v) is 6.12. The van der Waals surface area contributed by atoms with Crippen LogP contribution in [0.4, 0.5) is 29.1 Å². The number of ether oxygens (including phenoxy) is 1. The smallest absolute Gasteiger partial charge is 0.297 e. The molecule has 4 heterocycles. The van der Waals surface area contributed by atoms with E-state index in [1.54, 1.807) is 0 Å². The monoisotopic (exact) mass is 551 g/mol. The van der Waals surface area contributed by atoms with Gasteiger partial charge in [0.25, 0.3) is 6.43 Å². The van der Waals surface area contributed by atoms with Gasteiger partial charge in [0.1, 0.15) is 17.7 Å². The number of imidazole rings is 1. The van der Waals surface area contributed by atoms with Crippen molar-refractivity contribution < 1.29 is 36.7 Å². The summed E-state index contributed by atoms with van der Waals surface area (Å²) in [4.78, 5) is 29.1. The lowest BCUT2D eigenvalue weighted by Gasteiger charge is -2.40. The van der Waals surface area contributed by atoms with Crippen LogP contribution in [0.25, 0.3) is 22.4 Å². The Morgan fingerprint density at radius 3 is 2.82 bits per heavy atom. The van der Waals surface area contributed by atoms with E-state index in [4.69, 9.17) is 21.1 Å². The number of alkyl halides is 2. The molecule has 0 amide bonds. The third-order valence-electron chi connectivity index (χ3n) is 6.12. The maximum Gasteiger partial charge on any atom is 0.297 e. The summed E-state index contributed by atoms with van der Waals surface area (Å²) in [5, 5.41) is 0. The molecule has 0 saturated carbocycles. The Balaban J connectivity index is 1.71. The van der Waals surface area contributed by atoms with Crippen LogP contribution in [0.1, 0.15) is 28.0 Å². The van der Waals surface area contributed by atoms with Crippen molar-refractivity contribution in [2.24, 2.45) is 5.73 Å². The second kappa shape index (κ2) is 10.1. The number of carbonyl (C=O) groups excluding carboxylic acids is 1. The average molecular weight is 552 g/mol. The maximum absolute atomic E-state index is 15.2. The molecule has 0 spiro atoms. The Hall–Kier alpha value is -4.33. The number of halogens is 4. The van der Waals surface area contributed by atoms with Gasteiger partial charge in [-0.1, -0.05) is 0 Å². The van der Waals surface area contributed by atoms with E-state index in [9.17, 15) is 18.0 Å². The van der Waals surface area contributed by atoms with Gasteiger partial charge in [0, 0.05) is 27.4 Å². The molecule has 39 heavy (non-hydrogen) atoms. The fourth-order valence-corrected chi connectivity index (χ4v) is 4.14. The number of ketones is 1. The molecule has 0 aliphatic carbocycles. The van der Waals surface area contributed by atoms with Crippen molar-refractivity contribution in [3.05, 3.63) is 54.2 Å². The summed E-state index contributed by atoms with van der Waals surface area (Å²) in [6, 6.07) is 2.26. The number of nitrogen functional groups attached to an aromatic ring is 1. The molecule has 1 aliphatic heterocycles. The molecule has 1 aliphatic rings. The first-order chi connectivity index (χ1) is 21.3. The summed E-state index contributed by atoms with van der Waals surface area (Å²) in [7, 11) is -3.08. The van der Waals surface area contributed by atoms with Crippen LogP contribution in [0.2, 0.25) is 0 Å². The summed E-state index contributed by atoms with van der Waals surface area (Å²) in [6.07, 6.45) is -1.77. The topological polar surface area (TPSA) is 138 Å². The Morgan fingerprint density at radius 1 is 1.23 bits per heavy atom. The zero-order valence-electron chi connectivity index (χ0n) is 26.8. The summed E-state index contributed by atoms with van der Waals surface area (Å²) < 4.78 is 119. The zero-order valence-corrected chi connectivity index (χ0v) is 19.8.